The molecule has 2 aromatic carbocycles. The van der Waals surface area contributed by atoms with E-state index in [1.807, 2.05) is 54.6 Å². The van der Waals surface area contributed by atoms with E-state index in [1.165, 1.54) is 0 Å². The second kappa shape index (κ2) is 3.72. The Labute approximate surface area is 110 Å². The number of anilines is 2. The lowest BCUT2D eigenvalue weighted by Crippen LogP contribution is -2.26. The van der Waals surface area contributed by atoms with E-state index < -0.39 is 0 Å². The Kier molecular flexibility index (Phi) is 2.03. The molecule has 0 amide bonds. The lowest BCUT2D eigenvalue weighted by Gasteiger charge is -2.23. The molecule has 0 atom stereocenters. The Balaban J connectivity index is 2.01. The van der Waals surface area contributed by atoms with Crippen molar-refractivity contribution in [2.24, 2.45) is 0 Å². The summed E-state index contributed by atoms with van der Waals surface area (Å²) >= 11 is 0. The van der Waals surface area contributed by atoms with Gasteiger partial charge in [-0.15, -0.1) is 0 Å². The summed E-state index contributed by atoms with van der Waals surface area (Å²) in [6, 6.07) is 17.8. The van der Waals surface area contributed by atoms with Gasteiger partial charge >= 0.3 is 0 Å². The average molecular weight is 248 g/mol. The molecule has 0 saturated carbocycles. The monoisotopic (exact) mass is 248 g/mol. The van der Waals surface area contributed by atoms with Gasteiger partial charge in [0.05, 0.1) is 6.54 Å². The Morgan fingerprint density at radius 1 is 1.00 bits per heavy atom. The molecule has 0 bridgehead atoms. The van der Waals surface area contributed by atoms with Crippen molar-refractivity contribution in [2.45, 2.75) is 6.54 Å². The Morgan fingerprint density at radius 3 is 2.74 bits per heavy atom. The number of pyridine rings is 1. The maximum Gasteiger partial charge on any atom is 0.260 e. The molecule has 92 valence electrons. The maximum atomic E-state index is 12.5. The minimum Gasteiger partial charge on any atom is -0.341 e. The number of rotatable bonds is 0. The second-order valence-corrected chi connectivity index (χ2v) is 4.79. The number of nitrogens with one attached hydrogen (secondary N) is 1. The van der Waals surface area contributed by atoms with Crippen molar-refractivity contribution in [3.05, 3.63) is 70.5 Å². The minimum absolute atomic E-state index is 0.0649. The Morgan fingerprint density at radius 2 is 1.79 bits per heavy atom. The molecule has 0 saturated heterocycles. The molecule has 1 aliphatic rings. The fourth-order valence-corrected chi connectivity index (χ4v) is 2.65. The van der Waals surface area contributed by atoms with Gasteiger partial charge in [-0.3, -0.25) is 9.36 Å². The molecule has 0 fully saturated rings. The summed E-state index contributed by atoms with van der Waals surface area (Å²) in [6.45, 7) is 0.627. The number of nitrogens with zero attached hydrogens (tertiary/aromatic N) is 1. The lowest BCUT2D eigenvalue weighted by molar-refractivity contribution is 0.763. The van der Waals surface area contributed by atoms with Crippen LogP contribution in [0.2, 0.25) is 0 Å². The molecule has 0 unspecified atom stereocenters. The van der Waals surface area contributed by atoms with Gasteiger partial charge in [0.15, 0.2) is 0 Å². The average Bonchev–Trinajstić information content (AvgIpc) is 2.46. The van der Waals surface area contributed by atoms with E-state index in [9.17, 15) is 4.79 Å². The van der Waals surface area contributed by atoms with E-state index in [4.69, 9.17) is 0 Å². The summed E-state index contributed by atoms with van der Waals surface area (Å²) in [7, 11) is 0. The first-order valence-corrected chi connectivity index (χ1v) is 6.30. The lowest BCUT2D eigenvalue weighted by atomic mass is 10.1. The summed E-state index contributed by atoms with van der Waals surface area (Å²) in [4.78, 5) is 12.5. The molecule has 3 aromatic rings. The van der Waals surface area contributed by atoms with Crippen molar-refractivity contribution in [1.29, 1.82) is 0 Å². The van der Waals surface area contributed by atoms with Gasteiger partial charge in [0.25, 0.3) is 5.56 Å². The summed E-state index contributed by atoms with van der Waals surface area (Å²) in [5.74, 6) is 0.863. The summed E-state index contributed by atoms with van der Waals surface area (Å²) in [5, 5.41) is 5.08. The number of fused-ring (bicyclic) bond motifs is 3. The number of aromatic nitrogens is 1. The van der Waals surface area contributed by atoms with E-state index in [2.05, 4.69) is 5.32 Å². The van der Waals surface area contributed by atoms with Gasteiger partial charge in [-0.2, -0.15) is 0 Å². The highest BCUT2D eigenvalue weighted by atomic mass is 16.1. The molecule has 19 heavy (non-hydrogen) atoms. The van der Waals surface area contributed by atoms with Gasteiger partial charge in [0, 0.05) is 11.1 Å². The fourth-order valence-electron chi connectivity index (χ4n) is 2.65. The third-order valence-electron chi connectivity index (χ3n) is 3.63. The van der Waals surface area contributed by atoms with Crippen LogP contribution in [0.15, 0.2) is 59.4 Å². The van der Waals surface area contributed by atoms with Crippen molar-refractivity contribution < 1.29 is 0 Å². The largest absolute Gasteiger partial charge is 0.341 e. The zero-order chi connectivity index (χ0) is 12.8. The highest BCUT2D eigenvalue weighted by molar-refractivity contribution is 5.85. The maximum absolute atomic E-state index is 12.5. The molecule has 1 aromatic heterocycles. The first kappa shape index (κ1) is 10.4. The van der Waals surface area contributed by atoms with Crippen LogP contribution in [0.4, 0.5) is 11.5 Å². The van der Waals surface area contributed by atoms with Crippen LogP contribution in [0, 0.1) is 0 Å². The van der Waals surface area contributed by atoms with E-state index in [0.29, 0.717) is 6.54 Å². The Bertz CT molecular complexity index is 849. The van der Waals surface area contributed by atoms with Crippen molar-refractivity contribution in [3.63, 3.8) is 0 Å². The normalized spacial score (nSPS) is 12.6. The van der Waals surface area contributed by atoms with Crippen molar-refractivity contribution in [1.82, 2.24) is 4.57 Å². The van der Waals surface area contributed by atoms with Crippen LogP contribution in [0.1, 0.15) is 5.56 Å². The van der Waals surface area contributed by atoms with Gasteiger partial charge in [0.1, 0.15) is 5.82 Å². The SMILES string of the molecule is O=c1c2ccccc2cc2n1Cc1ccccc1N2. The zero-order valence-electron chi connectivity index (χ0n) is 10.3. The Hall–Kier alpha value is -2.55. The zero-order valence-corrected chi connectivity index (χ0v) is 10.3. The quantitative estimate of drug-likeness (QED) is 0.519. The standard InChI is InChI=1S/C16H12N2O/c19-16-13-7-3-1-5-11(13)9-15-17-14-8-4-2-6-12(14)10-18(15)16/h1-9,17H,10H2. The molecule has 1 N–H and O–H groups in total. The first-order chi connectivity index (χ1) is 9.33. The van der Waals surface area contributed by atoms with Crippen LogP contribution < -0.4 is 10.9 Å². The van der Waals surface area contributed by atoms with Gasteiger partial charge in [0.2, 0.25) is 0 Å². The van der Waals surface area contributed by atoms with E-state index in [0.717, 1.165) is 27.8 Å². The van der Waals surface area contributed by atoms with Crippen molar-refractivity contribution >= 4 is 22.3 Å². The van der Waals surface area contributed by atoms with Gasteiger partial charge in [-0.25, -0.2) is 0 Å². The third kappa shape index (κ3) is 1.48. The summed E-state index contributed by atoms with van der Waals surface area (Å²) in [6.07, 6.45) is 0. The molecular formula is C16H12N2O. The van der Waals surface area contributed by atoms with E-state index >= 15 is 0 Å². The van der Waals surface area contributed by atoms with Gasteiger partial charge in [-0.1, -0.05) is 36.4 Å². The number of hydrogen-bond donors (Lipinski definition) is 1. The highest BCUT2D eigenvalue weighted by Crippen LogP contribution is 2.28. The molecule has 0 spiro atoms. The smallest absolute Gasteiger partial charge is 0.260 e. The van der Waals surface area contributed by atoms with Crippen LogP contribution >= 0.6 is 0 Å². The molecule has 2 heterocycles. The number of benzene rings is 2. The van der Waals surface area contributed by atoms with E-state index in [1.54, 1.807) is 4.57 Å². The molecule has 3 heteroatoms. The molecule has 4 rings (SSSR count). The molecular weight excluding hydrogens is 236 g/mol. The summed E-state index contributed by atoms with van der Waals surface area (Å²) < 4.78 is 1.80. The number of hydrogen-bond acceptors (Lipinski definition) is 2. The van der Waals surface area contributed by atoms with Gasteiger partial charge in [-0.05, 0) is 29.1 Å². The topological polar surface area (TPSA) is 34.0 Å². The number of para-hydroxylation sites is 1. The highest BCUT2D eigenvalue weighted by Gasteiger charge is 2.16. The van der Waals surface area contributed by atoms with Crippen molar-refractivity contribution in [3.8, 4) is 0 Å². The molecule has 1 aliphatic heterocycles. The van der Waals surface area contributed by atoms with Crippen LogP contribution in [-0.4, -0.2) is 4.57 Å². The van der Waals surface area contributed by atoms with Gasteiger partial charge < -0.3 is 5.32 Å². The molecule has 0 aliphatic carbocycles. The fraction of sp³-hybridized carbons (Fsp3) is 0.0625. The van der Waals surface area contributed by atoms with Crippen molar-refractivity contribution in [2.75, 3.05) is 5.32 Å². The third-order valence-corrected chi connectivity index (χ3v) is 3.63. The summed E-state index contributed by atoms with van der Waals surface area (Å²) in [5.41, 5.74) is 2.29. The molecule has 3 nitrogen and oxygen atoms in total. The first-order valence-electron chi connectivity index (χ1n) is 6.30. The predicted octanol–water partition coefficient (Wildman–Crippen LogP) is 3.11. The minimum atomic E-state index is 0.0649. The van der Waals surface area contributed by atoms with Crippen LogP contribution in [0.25, 0.3) is 10.8 Å². The van der Waals surface area contributed by atoms with Crippen LogP contribution in [0.5, 0.6) is 0 Å². The molecule has 0 radical (unpaired) electrons. The predicted molar refractivity (Wildman–Crippen MR) is 77.0 cm³/mol. The second-order valence-electron chi connectivity index (χ2n) is 4.79. The van der Waals surface area contributed by atoms with Crippen LogP contribution in [0.3, 0.4) is 0 Å². The van der Waals surface area contributed by atoms with Crippen LogP contribution in [-0.2, 0) is 6.54 Å². The van der Waals surface area contributed by atoms with E-state index in [-0.39, 0.29) is 5.56 Å².